The van der Waals surface area contributed by atoms with Crippen molar-refractivity contribution in [2.45, 2.75) is 32.6 Å². The smallest absolute Gasteiger partial charge is 0.167 e. The highest BCUT2D eigenvalue weighted by Crippen LogP contribution is 2.32. The number of nitrogens with zero attached hydrogens (tertiary/aromatic N) is 3. The minimum absolute atomic E-state index is 0.0705. The summed E-state index contributed by atoms with van der Waals surface area (Å²) in [5, 5.41) is 10.7. The molecule has 0 fully saturated rings. The molecule has 4 rings (SSSR count). The van der Waals surface area contributed by atoms with Crippen molar-refractivity contribution in [2.75, 3.05) is 6.61 Å². The van der Waals surface area contributed by atoms with E-state index in [0.717, 1.165) is 42.4 Å². The van der Waals surface area contributed by atoms with Crippen LogP contribution in [0, 0.1) is 0 Å². The van der Waals surface area contributed by atoms with Gasteiger partial charge >= 0.3 is 0 Å². The Morgan fingerprint density at radius 3 is 2.50 bits per heavy atom. The van der Waals surface area contributed by atoms with Gasteiger partial charge in [0, 0.05) is 23.6 Å². The molecule has 1 heterocycles. The quantitative estimate of drug-likeness (QED) is 0.424. The summed E-state index contributed by atoms with van der Waals surface area (Å²) in [7, 11) is 0. The number of hydrogen-bond donors (Lipinski definition) is 1. The Labute approximate surface area is 188 Å². The Kier molecular flexibility index (Phi) is 6.75. The molecule has 32 heavy (non-hydrogen) atoms. The number of allylic oxidation sites excluding steroid dienone is 4. The summed E-state index contributed by atoms with van der Waals surface area (Å²) in [6.07, 6.45) is 9.99. The molecule has 0 radical (unpaired) electrons. The molecule has 3 aromatic rings. The van der Waals surface area contributed by atoms with Crippen LogP contribution in [0.25, 0.3) is 28.3 Å². The number of aromatic nitrogens is 3. The van der Waals surface area contributed by atoms with Crippen LogP contribution in [0.5, 0.6) is 11.5 Å². The first-order valence-electron chi connectivity index (χ1n) is 11.0. The van der Waals surface area contributed by atoms with Crippen molar-refractivity contribution < 1.29 is 9.84 Å². The van der Waals surface area contributed by atoms with E-state index in [1.807, 2.05) is 42.5 Å². The van der Waals surface area contributed by atoms with Crippen molar-refractivity contribution in [3.05, 3.63) is 84.7 Å². The molecule has 1 N–H and O–H groups in total. The van der Waals surface area contributed by atoms with Crippen LogP contribution < -0.4 is 4.74 Å². The molecule has 1 aliphatic carbocycles. The molecule has 1 aromatic heterocycles. The number of phenolic OH excluding ortho intramolecular Hbond substituents is 1. The number of rotatable bonds is 8. The van der Waals surface area contributed by atoms with Gasteiger partial charge in [0.25, 0.3) is 0 Å². The van der Waals surface area contributed by atoms with Crippen LogP contribution >= 0.6 is 0 Å². The second-order valence-electron chi connectivity index (χ2n) is 7.69. The molecule has 1 aliphatic rings. The monoisotopic (exact) mass is 425 g/mol. The van der Waals surface area contributed by atoms with E-state index >= 15 is 0 Å². The van der Waals surface area contributed by atoms with Gasteiger partial charge in [-0.25, -0.2) is 15.0 Å². The zero-order valence-electron chi connectivity index (χ0n) is 18.3. The molecule has 0 bridgehead atoms. The first-order chi connectivity index (χ1) is 15.6. The SMILES string of the molecule is C=C(CC)CCOc1ccc(-c2nc(C3=CCCC=C3)nc(-c3ccccc3)n2)c(O)c1. The third-order valence-corrected chi connectivity index (χ3v) is 5.36. The van der Waals surface area contributed by atoms with Gasteiger partial charge in [0.05, 0.1) is 12.2 Å². The summed E-state index contributed by atoms with van der Waals surface area (Å²) in [6.45, 7) is 6.60. The van der Waals surface area contributed by atoms with Gasteiger partial charge in [-0.15, -0.1) is 0 Å². The largest absolute Gasteiger partial charge is 0.507 e. The number of benzene rings is 2. The van der Waals surface area contributed by atoms with Gasteiger partial charge in [-0.2, -0.15) is 0 Å². The van der Waals surface area contributed by atoms with Gasteiger partial charge in [-0.1, -0.05) is 67.6 Å². The van der Waals surface area contributed by atoms with E-state index in [2.05, 4.69) is 35.6 Å². The van der Waals surface area contributed by atoms with Gasteiger partial charge < -0.3 is 9.84 Å². The van der Waals surface area contributed by atoms with Crippen LogP contribution in [0.3, 0.4) is 0 Å². The van der Waals surface area contributed by atoms with Gasteiger partial charge in [-0.3, -0.25) is 0 Å². The molecule has 0 amide bonds. The molecular formula is C27H27N3O2. The second kappa shape index (κ2) is 10.1. The third-order valence-electron chi connectivity index (χ3n) is 5.36. The zero-order chi connectivity index (χ0) is 22.3. The summed E-state index contributed by atoms with van der Waals surface area (Å²) < 4.78 is 5.77. The Morgan fingerprint density at radius 2 is 1.78 bits per heavy atom. The maximum atomic E-state index is 10.7. The van der Waals surface area contributed by atoms with E-state index in [9.17, 15) is 5.11 Å². The third kappa shape index (κ3) is 5.11. The fourth-order valence-electron chi connectivity index (χ4n) is 3.40. The molecule has 0 spiro atoms. The first kappa shape index (κ1) is 21.5. The van der Waals surface area contributed by atoms with Gasteiger partial charge in [-0.05, 0) is 31.4 Å². The Balaban J connectivity index is 1.68. The lowest BCUT2D eigenvalue weighted by molar-refractivity contribution is 0.318. The molecule has 5 heteroatoms. The number of ether oxygens (including phenoxy) is 1. The first-order valence-corrected chi connectivity index (χ1v) is 11.0. The predicted molar refractivity (Wildman–Crippen MR) is 128 cm³/mol. The summed E-state index contributed by atoms with van der Waals surface area (Å²) in [6, 6.07) is 15.0. The predicted octanol–water partition coefficient (Wildman–Crippen LogP) is 6.38. The molecule has 5 nitrogen and oxygen atoms in total. The average molecular weight is 426 g/mol. The summed E-state index contributed by atoms with van der Waals surface area (Å²) in [5.74, 6) is 2.27. The van der Waals surface area contributed by atoms with Crippen LogP contribution in [-0.2, 0) is 0 Å². The molecular weight excluding hydrogens is 398 g/mol. The van der Waals surface area contributed by atoms with Crippen molar-refractivity contribution >= 4 is 5.57 Å². The van der Waals surface area contributed by atoms with Gasteiger partial charge in [0.15, 0.2) is 17.5 Å². The van der Waals surface area contributed by atoms with Gasteiger partial charge in [0.2, 0.25) is 0 Å². The van der Waals surface area contributed by atoms with Crippen molar-refractivity contribution in [3.63, 3.8) is 0 Å². The highest BCUT2D eigenvalue weighted by Gasteiger charge is 2.16. The summed E-state index contributed by atoms with van der Waals surface area (Å²) in [4.78, 5) is 14.1. The number of aromatic hydroxyl groups is 1. The van der Waals surface area contributed by atoms with Crippen molar-refractivity contribution in [2.24, 2.45) is 0 Å². The normalized spacial score (nSPS) is 13.0. The van der Waals surface area contributed by atoms with Crippen LogP contribution in [-0.4, -0.2) is 26.7 Å². The fraction of sp³-hybridized carbons (Fsp3) is 0.222. The molecule has 0 atom stereocenters. The highest BCUT2D eigenvalue weighted by atomic mass is 16.5. The molecule has 0 unspecified atom stereocenters. The summed E-state index contributed by atoms with van der Waals surface area (Å²) in [5.41, 5.74) is 3.54. The minimum atomic E-state index is 0.0705. The standard InChI is InChI=1S/C27H27N3O2/c1-3-19(2)16-17-32-22-14-15-23(24(31)18-22)27-29-25(20-10-6-4-7-11-20)28-26(30-27)21-12-8-5-9-13-21/h4,6-8,10-15,18,31H,2-3,5,9,16-17H2,1H3. The van der Waals surface area contributed by atoms with Crippen LogP contribution in [0.2, 0.25) is 0 Å². The highest BCUT2D eigenvalue weighted by molar-refractivity contribution is 5.74. The van der Waals surface area contributed by atoms with Crippen molar-refractivity contribution in [3.8, 4) is 34.3 Å². The maximum Gasteiger partial charge on any atom is 0.167 e. The van der Waals surface area contributed by atoms with Crippen molar-refractivity contribution in [1.82, 2.24) is 15.0 Å². The Bertz CT molecular complexity index is 1170. The van der Waals surface area contributed by atoms with Crippen LogP contribution in [0.15, 0.2) is 78.9 Å². The van der Waals surface area contributed by atoms with Crippen molar-refractivity contribution in [1.29, 1.82) is 0 Å². The molecule has 0 aliphatic heterocycles. The van der Waals surface area contributed by atoms with E-state index in [4.69, 9.17) is 9.72 Å². The molecule has 2 aromatic carbocycles. The fourth-order valence-corrected chi connectivity index (χ4v) is 3.40. The second-order valence-corrected chi connectivity index (χ2v) is 7.69. The Hall–Kier alpha value is -3.73. The lowest BCUT2D eigenvalue weighted by atomic mass is 10.1. The Morgan fingerprint density at radius 1 is 1.00 bits per heavy atom. The molecule has 0 saturated heterocycles. The van der Waals surface area contributed by atoms with E-state index in [1.165, 1.54) is 0 Å². The van der Waals surface area contributed by atoms with E-state index < -0.39 is 0 Å². The zero-order valence-corrected chi connectivity index (χ0v) is 18.3. The van der Waals surface area contributed by atoms with Crippen LogP contribution in [0.1, 0.15) is 38.4 Å². The molecule has 162 valence electrons. The maximum absolute atomic E-state index is 10.7. The lowest BCUT2D eigenvalue weighted by Gasteiger charge is -2.12. The van der Waals surface area contributed by atoms with Gasteiger partial charge in [0.1, 0.15) is 11.5 Å². The van der Waals surface area contributed by atoms with Crippen LogP contribution in [0.4, 0.5) is 0 Å². The molecule has 0 saturated carbocycles. The number of phenols is 1. The number of hydrogen-bond acceptors (Lipinski definition) is 5. The van der Waals surface area contributed by atoms with E-state index in [1.54, 1.807) is 12.1 Å². The summed E-state index contributed by atoms with van der Waals surface area (Å²) >= 11 is 0. The topological polar surface area (TPSA) is 68.1 Å². The lowest BCUT2D eigenvalue weighted by Crippen LogP contribution is -2.03. The van der Waals surface area contributed by atoms with E-state index in [-0.39, 0.29) is 5.75 Å². The minimum Gasteiger partial charge on any atom is -0.507 e. The van der Waals surface area contributed by atoms with E-state index in [0.29, 0.717) is 35.4 Å². The average Bonchev–Trinajstić information content (AvgIpc) is 2.85.